The smallest absolute Gasteiger partial charge is 0.410 e. The van der Waals surface area contributed by atoms with E-state index in [4.69, 9.17) is 16.3 Å². The van der Waals surface area contributed by atoms with Crippen LogP contribution in [-0.2, 0) is 11.3 Å². The van der Waals surface area contributed by atoms with Crippen LogP contribution in [0, 0.1) is 0 Å². The summed E-state index contributed by atoms with van der Waals surface area (Å²) in [5.41, 5.74) is -0.449. The molecule has 1 amide bonds. The zero-order chi connectivity index (χ0) is 15.5. The first-order valence-corrected chi connectivity index (χ1v) is 8.35. The van der Waals surface area contributed by atoms with Gasteiger partial charge in [-0.3, -0.25) is 0 Å². The number of carbonyl (C=O) groups excluding carboxylic acids is 1. The van der Waals surface area contributed by atoms with Crippen molar-refractivity contribution in [2.45, 2.75) is 51.8 Å². The molecule has 0 unspecified atom stereocenters. The molecule has 1 aliphatic rings. The first kappa shape index (κ1) is 16.5. The second kappa shape index (κ2) is 6.94. The van der Waals surface area contributed by atoms with E-state index in [1.807, 2.05) is 25.7 Å². The average molecular weight is 332 g/mol. The molecule has 1 fully saturated rings. The van der Waals surface area contributed by atoms with Crippen molar-refractivity contribution in [1.29, 1.82) is 0 Å². The third kappa shape index (κ3) is 5.80. The normalized spacial score (nSPS) is 15.0. The van der Waals surface area contributed by atoms with Crippen LogP contribution in [0.4, 0.5) is 4.79 Å². The van der Waals surface area contributed by atoms with Crippen LogP contribution < -0.4 is 5.32 Å². The van der Waals surface area contributed by atoms with Crippen LogP contribution in [0.15, 0.2) is 6.20 Å². The van der Waals surface area contributed by atoms with Gasteiger partial charge in [-0.25, -0.2) is 9.78 Å². The highest BCUT2D eigenvalue weighted by Gasteiger charge is 2.34. The van der Waals surface area contributed by atoms with Crippen LogP contribution in [0.2, 0.25) is 4.34 Å². The number of amides is 1. The molecule has 1 saturated carbocycles. The van der Waals surface area contributed by atoms with Crippen molar-refractivity contribution in [3.8, 4) is 0 Å². The maximum atomic E-state index is 12.2. The zero-order valence-electron chi connectivity index (χ0n) is 12.7. The van der Waals surface area contributed by atoms with Crippen molar-refractivity contribution in [3.05, 3.63) is 15.5 Å². The molecule has 0 atom stereocenters. The minimum Gasteiger partial charge on any atom is -0.444 e. The summed E-state index contributed by atoms with van der Waals surface area (Å²) in [6.07, 6.45) is 3.58. The zero-order valence-corrected chi connectivity index (χ0v) is 14.3. The van der Waals surface area contributed by atoms with Gasteiger partial charge in [-0.2, -0.15) is 0 Å². The van der Waals surface area contributed by atoms with Gasteiger partial charge in [-0.1, -0.05) is 11.6 Å². The van der Waals surface area contributed by atoms with Gasteiger partial charge in [0.1, 0.15) is 14.9 Å². The summed E-state index contributed by atoms with van der Waals surface area (Å²) in [7, 11) is 0. The third-order valence-corrected chi connectivity index (χ3v) is 4.06. The molecule has 118 valence electrons. The van der Waals surface area contributed by atoms with Crippen molar-refractivity contribution in [2.24, 2.45) is 0 Å². The highest BCUT2D eigenvalue weighted by atomic mass is 35.5. The van der Waals surface area contributed by atoms with Gasteiger partial charge < -0.3 is 15.0 Å². The molecule has 1 aliphatic carbocycles. The number of halogens is 1. The number of nitrogens with one attached hydrogen (secondary N) is 1. The maximum absolute atomic E-state index is 12.2. The third-order valence-electron chi connectivity index (χ3n) is 2.95. The Morgan fingerprint density at radius 1 is 1.57 bits per heavy atom. The van der Waals surface area contributed by atoms with Crippen molar-refractivity contribution in [3.63, 3.8) is 0 Å². The van der Waals surface area contributed by atoms with Crippen LogP contribution in [0.1, 0.15) is 38.6 Å². The highest BCUT2D eigenvalue weighted by molar-refractivity contribution is 7.15. The van der Waals surface area contributed by atoms with E-state index in [0.29, 0.717) is 30.0 Å². The molecule has 1 heterocycles. The van der Waals surface area contributed by atoms with Crippen molar-refractivity contribution in [1.82, 2.24) is 15.2 Å². The Morgan fingerprint density at radius 3 is 2.81 bits per heavy atom. The Kier molecular flexibility index (Phi) is 5.46. The Labute approximate surface area is 134 Å². The average Bonchev–Trinajstić information content (AvgIpc) is 3.10. The molecule has 5 nitrogen and oxygen atoms in total. The second-order valence-corrected chi connectivity index (χ2v) is 7.89. The summed E-state index contributed by atoms with van der Waals surface area (Å²) >= 11 is 7.30. The topological polar surface area (TPSA) is 54.5 Å². The van der Waals surface area contributed by atoms with Crippen molar-refractivity contribution in [2.75, 3.05) is 13.1 Å². The van der Waals surface area contributed by atoms with E-state index in [-0.39, 0.29) is 6.09 Å². The summed E-state index contributed by atoms with van der Waals surface area (Å²) in [5, 5.41) is 4.24. The van der Waals surface area contributed by atoms with Gasteiger partial charge in [0.2, 0.25) is 0 Å². The Balaban J connectivity index is 1.74. The molecule has 21 heavy (non-hydrogen) atoms. The largest absolute Gasteiger partial charge is 0.444 e. The predicted molar refractivity (Wildman–Crippen MR) is 84.8 cm³/mol. The van der Waals surface area contributed by atoms with Crippen LogP contribution in [0.3, 0.4) is 0 Å². The lowest BCUT2D eigenvalue weighted by Crippen LogP contribution is -2.41. The van der Waals surface area contributed by atoms with E-state index in [1.54, 1.807) is 6.20 Å². The van der Waals surface area contributed by atoms with E-state index in [9.17, 15) is 4.79 Å². The highest BCUT2D eigenvalue weighted by Crippen LogP contribution is 2.28. The number of nitrogens with zero attached hydrogens (tertiary/aromatic N) is 2. The summed E-state index contributed by atoms with van der Waals surface area (Å²) < 4.78 is 6.15. The van der Waals surface area contributed by atoms with Gasteiger partial charge >= 0.3 is 6.09 Å². The van der Waals surface area contributed by atoms with Gasteiger partial charge in [-0.05, 0) is 33.6 Å². The second-order valence-electron chi connectivity index (χ2n) is 6.14. The van der Waals surface area contributed by atoms with Gasteiger partial charge in [0.05, 0.1) is 6.20 Å². The molecule has 7 heteroatoms. The first-order valence-electron chi connectivity index (χ1n) is 7.16. The Hall–Kier alpha value is -0.850. The van der Waals surface area contributed by atoms with Crippen LogP contribution in [-0.4, -0.2) is 40.7 Å². The molecule has 0 aliphatic heterocycles. The van der Waals surface area contributed by atoms with E-state index in [0.717, 1.165) is 17.8 Å². The van der Waals surface area contributed by atoms with E-state index in [2.05, 4.69) is 10.3 Å². The van der Waals surface area contributed by atoms with E-state index in [1.165, 1.54) is 11.3 Å². The van der Waals surface area contributed by atoms with Gasteiger partial charge in [-0.15, -0.1) is 11.3 Å². The lowest BCUT2D eigenvalue weighted by Gasteiger charge is -2.27. The number of hydrogen-bond acceptors (Lipinski definition) is 5. The molecule has 0 radical (unpaired) electrons. The molecule has 1 aromatic rings. The minimum absolute atomic E-state index is 0.218. The van der Waals surface area contributed by atoms with Gasteiger partial charge in [0, 0.05) is 25.7 Å². The number of thiazole rings is 1. The Morgan fingerprint density at radius 2 is 2.29 bits per heavy atom. The molecule has 0 saturated heterocycles. The summed E-state index contributed by atoms with van der Waals surface area (Å²) in [4.78, 5) is 18.2. The number of aromatic nitrogens is 1. The first-order chi connectivity index (χ1) is 9.85. The monoisotopic (exact) mass is 331 g/mol. The number of carbonyl (C=O) groups is 1. The lowest BCUT2D eigenvalue weighted by atomic mass is 10.2. The summed E-state index contributed by atoms with van der Waals surface area (Å²) in [6, 6.07) is 0.343. The maximum Gasteiger partial charge on any atom is 0.410 e. The number of rotatable bonds is 6. The fourth-order valence-corrected chi connectivity index (χ4v) is 2.82. The van der Waals surface area contributed by atoms with Crippen LogP contribution in [0.25, 0.3) is 0 Å². The fraction of sp³-hybridized carbons (Fsp3) is 0.714. The molecular formula is C14H22ClN3O2S. The SMILES string of the molecule is CC(C)(C)OC(=O)N(CCNCc1ncc(Cl)s1)C1CC1. The molecule has 1 N–H and O–H groups in total. The minimum atomic E-state index is -0.449. The molecule has 1 aromatic heterocycles. The van der Waals surface area contributed by atoms with Crippen LogP contribution in [0.5, 0.6) is 0 Å². The standard InChI is InChI=1S/C14H22ClN3O2S/c1-14(2,3)20-13(19)18(10-4-5-10)7-6-16-9-12-17-8-11(15)21-12/h8,10,16H,4-7,9H2,1-3H3. The quantitative estimate of drug-likeness (QED) is 0.813. The molecule has 0 spiro atoms. The number of hydrogen-bond donors (Lipinski definition) is 1. The molecule has 2 rings (SSSR count). The van der Waals surface area contributed by atoms with Crippen molar-refractivity contribution >= 4 is 29.0 Å². The van der Waals surface area contributed by atoms with Crippen molar-refractivity contribution < 1.29 is 9.53 Å². The van der Waals surface area contributed by atoms with Crippen LogP contribution >= 0.6 is 22.9 Å². The predicted octanol–water partition coefficient (Wildman–Crippen LogP) is 3.29. The van der Waals surface area contributed by atoms with Gasteiger partial charge in [0.15, 0.2) is 0 Å². The fourth-order valence-electron chi connectivity index (χ4n) is 1.89. The van der Waals surface area contributed by atoms with E-state index >= 15 is 0 Å². The number of ether oxygens (including phenoxy) is 1. The summed E-state index contributed by atoms with van der Waals surface area (Å²) in [5.74, 6) is 0. The van der Waals surface area contributed by atoms with E-state index < -0.39 is 5.60 Å². The molecular weight excluding hydrogens is 310 g/mol. The van der Waals surface area contributed by atoms with Gasteiger partial charge in [0.25, 0.3) is 0 Å². The lowest BCUT2D eigenvalue weighted by molar-refractivity contribution is 0.0236. The Bertz CT molecular complexity index is 483. The summed E-state index contributed by atoms with van der Waals surface area (Å²) in [6.45, 7) is 7.71. The molecule has 0 aromatic carbocycles. The molecule has 0 bridgehead atoms.